The molecule has 0 aliphatic carbocycles. The lowest BCUT2D eigenvalue weighted by Crippen LogP contribution is -2.34. The van der Waals surface area contributed by atoms with E-state index in [2.05, 4.69) is 15.9 Å². The van der Waals surface area contributed by atoms with E-state index in [-0.39, 0.29) is 4.90 Å². The van der Waals surface area contributed by atoms with Gasteiger partial charge in [0.05, 0.1) is 4.90 Å². The van der Waals surface area contributed by atoms with Crippen LogP contribution in [0.4, 0.5) is 0 Å². The van der Waals surface area contributed by atoms with Crippen LogP contribution in [0.2, 0.25) is 5.02 Å². The van der Waals surface area contributed by atoms with Crippen molar-refractivity contribution in [3.05, 3.63) is 58.0 Å². The largest absolute Gasteiger partial charge is 0.484 e. The molecule has 0 bridgehead atoms. The SMILES string of the molecule is O=C(COc1ccc(Br)cc1)NS(=O)(=O)c1ccc(Cl)cc1. The Morgan fingerprint density at radius 3 is 2.27 bits per heavy atom. The number of benzene rings is 2. The lowest BCUT2D eigenvalue weighted by molar-refractivity contribution is -0.121. The van der Waals surface area contributed by atoms with Gasteiger partial charge in [0.1, 0.15) is 5.75 Å². The summed E-state index contributed by atoms with van der Waals surface area (Å²) in [6, 6.07) is 12.3. The quantitative estimate of drug-likeness (QED) is 0.831. The molecule has 0 aromatic heterocycles. The second-order valence-corrected chi connectivity index (χ2v) is 7.26. The Kier molecular flexibility index (Phi) is 5.44. The molecule has 0 spiro atoms. The first-order valence-corrected chi connectivity index (χ1v) is 8.72. The van der Waals surface area contributed by atoms with Gasteiger partial charge in [0.2, 0.25) is 0 Å². The zero-order chi connectivity index (χ0) is 16.2. The molecule has 0 saturated carbocycles. The molecule has 5 nitrogen and oxygen atoms in total. The maximum Gasteiger partial charge on any atom is 0.271 e. The molecule has 0 aliphatic heterocycles. The minimum Gasteiger partial charge on any atom is -0.484 e. The Bertz CT molecular complexity index is 760. The molecule has 8 heteroatoms. The summed E-state index contributed by atoms with van der Waals surface area (Å²) < 4.78 is 32.0. The van der Waals surface area contributed by atoms with Crippen molar-refractivity contribution in [1.29, 1.82) is 0 Å². The van der Waals surface area contributed by atoms with Gasteiger partial charge in [-0.2, -0.15) is 0 Å². The van der Waals surface area contributed by atoms with Crippen LogP contribution in [0.25, 0.3) is 0 Å². The van der Waals surface area contributed by atoms with E-state index in [1.165, 1.54) is 24.3 Å². The van der Waals surface area contributed by atoms with E-state index in [0.717, 1.165) is 4.47 Å². The molecular formula is C14H11BrClNO4S. The maximum atomic E-state index is 12.0. The van der Waals surface area contributed by atoms with E-state index in [9.17, 15) is 13.2 Å². The molecule has 0 aliphatic rings. The summed E-state index contributed by atoms with van der Waals surface area (Å²) in [4.78, 5) is 11.6. The second kappa shape index (κ2) is 7.13. The van der Waals surface area contributed by atoms with Crippen LogP contribution in [0.3, 0.4) is 0 Å². The summed E-state index contributed by atoms with van der Waals surface area (Å²) in [5, 5.41) is 0.406. The molecule has 0 fully saturated rings. The lowest BCUT2D eigenvalue weighted by atomic mass is 10.3. The number of nitrogens with one attached hydrogen (secondary N) is 1. The summed E-state index contributed by atoms with van der Waals surface area (Å²) in [5.41, 5.74) is 0. The number of carbonyl (C=O) groups excluding carboxylic acids is 1. The van der Waals surface area contributed by atoms with Crippen LogP contribution in [0.5, 0.6) is 5.75 Å². The molecule has 0 radical (unpaired) electrons. The van der Waals surface area contributed by atoms with Crippen LogP contribution in [0.1, 0.15) is 0 Å². The van der Waals surface area contributed by atoms with Crippen molar-refractivity contribution in [2.75, 3.05) is 6.61 Å². The zero-order valence-electron chi connectivity index (χ0n) is 11.1. The van der Waals surface area contributed by atoms with Crippen molar-refractivity contribution in [3.63, 3.8) is 0 Å². The van der Waals surface area contributed by atoms with E-state index in [1.807, 2.05) is 4.72 Å². The third-order valence-corrected chi connectivity index (χ3v) is 4.73. The van der Waals surface area contributed by atoms with Crippen molar-refractivity contribution in [2.24, 2.45) is 0 Å². The summed E-state index contributed by atoms with van der Waals surface area (Å²) >= 11 is 8.96. The van der Waals surface area contributed by atoms with Crippen LogP contribution >= 0.6 is 27.5 Å². The molecule has 0 unspecified atom stereocenters. The number of hydrogen-bond acceptors (Lipinski definition) is 4. The van der Waals surface area contributed by atoms with E-state index >= 15 is 0 Å². The highest BCUT2D eigenvalue weighted by Gasteiger charge is 2.17. The van der Waals surface area contributed by atoms with Crippen molar-refractivity contribution in [1.82, 2.24) is 4.72 Å². The van der Waals surface area contributed by atoms with Crippen LogP contribution in [-0.4, -0.2) is 20.9 Å². The number of amides is 1. The average molecular weight is 405 g/mol. The third-order valence-electron chi connectivity index (χ3n) is 2.56. The molecular weight excluding hydrogens is 394 g/mol. The Labute approximate surface area is 141 Å². The van der Waals surface area contributed by atoms with E-state index in [4.69, 9.17) is 16.3 Å². The number of sulfonamides is 1. The predicted molar refractivity (Wildman–Crippen MR) is 86.4 cm³/mol. The number of carbonyl (C=O) groups is 1. The molecule has 0 atom stereocenters. The van der Waals surface area contributed by atoms with Gasteiger partial charge in [0, 0.05) is 9.50 Å². The van der Waals surface area contributed by atoms with E-state index in [1.54, 1.807) is 24.3 Å². The van der Waals surface area contributed by atoms with Gasteiger partial charge >= 0.3 is 0 Å². The Morgan fingerprint density at radius 1 is 1.09 bits per heavy atom. The molecule has 22 heavy (non-hydrogen) atoms. The second-order valence-electron chi connectivity index (χ2n) is 4.23. The van der Waals surface area contributed by atoms with Crippen molar-refractivity contribution in [3.8, 4) is 5.75 Å². The van der Waals surface area contributed by atoms with Crippen LogP contribution in [0.15, 0.2) is 57.9 Å². The molecule has 0 saturated heterocycles. The Hall–Kier alpha value is -1.57. The third kappa shape index (κ3) is 4.72. The van der Waals surface area contributed by atoms with Crippen LogP contribution in [0, 0.1) is 0 Å². The minimum atomic E-state index is -3.93. The number of ether oxygens (including phenoxy) is 1. The minimum absolute atomic E-state index is 0.0473. The summed E-state index contributed by atoms with van der Waals surface area (Å²) in [5.74, 6) is -0.305. The van der Waals surface area contributed by atoms with E-state index in [0.29, 0.717) is 10.8 Å². The highest BCUT2D eigenvalue weighted by Crippen LogP contribution is 2.16. The highest BCUT2D eigenvalue weighted by atomic mass is 79.9. The smallest absolute Gasteiger partial charge is 0.271 e. The Balaban J connectivity index is 1.96. The van der Waals surface area contributed by atoms with Gasteiger partial charge in [-0.1, -0.05) is 27.5 Å². The standard InChI is InChI=1S/C14H11BrClNO4S/c15-10-1-5-12(6-2-10)21-9-14(18)17-22(19,20)13-7-3-11(16)4-8-13/h1-8H,9H2,(H,17,18). The van der Waals surface area contributed by atoms with Gasteiger partial charge in [-0.05, 0) is 48.5 Å². The number of rotatable bonds is 5. The first-order valence-electron chi connectivity index (χ1n) is 6.06. The monoisotopic (exact) mass is 403 g/mol. The van der Waals surface area contributed by atoms with Gasteiger partial charge in [-0.15, -0.1) is 0 Å². The number of halogens is 2. The molecule has 116 valence electrons. The molecule has 2 rings (SSSR count). The van der Waals surface area contributed by atoms with E-state index < -0.39 is 22.5 Å². The molecule has 2 aromatic carbocycles. The number of hydrogen-bond donors (Lipinski definition) is 1. The van der Waals surface area contributed by atoms with Crippen molar-refractivity contribution >= 4 is 43.5 Å². The predicted octanol–water partition coefficient (Wildman–Crippen LogP) is 2.99. The summed E-state index contributed by atoms with van der Waals surface area (Å²) in [6.45, 7) is -0.408. The van der Waals surface area contributed by atoms with Gasteiger partial charge in [-0.3, -0.25) is 4.79 Å². The summed E-state index contributed by atoms with van der Waals surface area (Å²) in [6.07, 6.45) is 0. The van der Waals surface area contributed by atoms with Gasteiger partial charge in [0.25, 0.3) is 15.9 Å². The highest BCUT2D eigenvalue weighted by molar-refractivity contribution is 9.10. The fourth-order valence-electron chi connectivity index (χ4n) is 1.53. The van der Waals surface area contributed by atoms with Crippen molar-refractivity contribution < 1.29 is 17.9 Å². The van der Waals surface area contributed by atoms with Gasteiger partial charge in [0.15, 0.2) is 6.61 Å². The van der Waals surface area contributed by atoms with Crippen LogP contribution in [-0.2, 0) is 14.8 Å². The molecule has 1 N–H and O–H groups in total. The topological polar surface area (TPSA) is 72.5 Å². The lowest BCUT2D eigenvalue weighted by Gasteiger charge is -2.08. The fourth-order valence-corrected chi connectivity index (χ4v) is 2.89. The first kappa shape index (κ1) is 16.8. The molecule has 2 aromatic rings. The zero-order valence-corrected chi connectivity index (χ0v) is 14.3. The maximum absolute atomic E-state index is 12.0. The Morgan fingerprint density at radius 2 is 1.68 bits per heavy atom. The normalized spacial score (nSPS) is 11.0. The average Bonchev–Trinajstić information content (AvgIpc) is 2.46. The van der Waals surface area contributed by atoms with Gasteiger partial charge in [-0.25, -0.2) is 13.1 Å². The first-order chi connectivity index (χ1) is 10.4. The van der Waals surface area contributed by atoms with Gasteiger partial charge < -0.3 is 4.74 Å². The van der Waals surface area contributed by atoms with Crippen LogP contribution < -0.4 is 9.46 Å². The molecule has 0 heterocycles. The summed E-state index contributed by atoms with van der Waals surface area (Å²) in [7, 11) is -3.93. The fraction of sp³-hybridized carbons (Fsp3) is 0.0714. The molecule has 1 amide bonds. The van der Waals surface area contributed by atoms with Crippen molar-refractivity contribution in [2.45, 2.75) is 4.90 Å².